The van der Waals surface area contributed by atoms with Crippen LogP contribution < -0.4 is 4.90 Å². The summed E-state index contributed by atoms with van der Waals surface area (Å²) in [5.74, 6) is 0.0264. The second-order valence-corrected chi connectivity index (χ2v) is 7.66. The molecule has 0 unspecified atom stereocenters. The first-order valence-electron chi connectivity index (χ1n) is 7.26. The topological polar surface area (TPSA) is 33.2 Å². The van der Waals surface area contributed by atoms with Gasteiger partial charge in [-0.05, 0) is 30.0 Å². The Morgan fingerprint density at radius 1 is 1.22 bits per heavy atom. The zero-order valence-electron chi connectivity index (χ0n) is 12.5. The smallest absolute Gasteiger partial charge is 0.270 e. The van der Waals surface area contributed by atoms with Crippen LogP contribution in [0, 0.1) is 0 Å². The molecule has 0 saturated carbocycles. The predicted molar refractivity (Wildman–Crippen MR) is 102 cm³/mol. The van der Waals surface area contributed by atoms with Gasteiger partial charge in [0.05, 0.1) is 10.6 Å². The number of carbonyl (C=O) groups excluding carboxylic acids is 1. The third kappa shape index (κ3) is 3.71. The molecule has 6 heteroatoms. The predicted octanol–water partition coefficient (Wildman–Crippen LogP) is 5.69. The van der Waals surface area contributed by atoms with Crippen molar-refractivity contribution in [3.05, 3.63) is 56.5 Å². The van der Waals surface area contributed by atoms with Crippen LogP contribution in [0.2, 0.25) is 0 Å². The maximum atomic E-state index is 12.7. The highest BCUT2D eigenvalue weighted by molar-refractivity contribution is 9.10. The third-order valence-electron chi connectivity index (χ3n) is 3.29. The number of hydrogen-bond acceptors (Lipinski definition) is 4. The number of thiazole rings is 1. The molecule has 0 spiro atoms. The van der Waals surface area contributed by atoms with Crippen LogP contribution in [0.25, 0.3) is 11.3 Å². The average molecular weight is 407 g/mol. The van der Waals surface area contributed by atoms with Crippen molar-refractivity contribution in [2.24, 2.45) is 0 Å². The van der Waals surface area contributed by atoms with Gasteiger partial charge in [-0.1, -0.05) is 41.1 Å². The standard InChI is InChI=1S/C17H15BrN2OS2/c1-2-9-20(16(21)15-4-3-10-22-15)17-19-14(11-23-17)12-5-7-13(18)8-6-12/h3-8,10-11H,2,9H2,1H3. The van der Waals surface area contributed by atoms with E-state index in [1.165, 1.54) is 22.7 Å². The summed E-state index contributed by atoms with van der Waals surface area (Å²) in [6.45, 7) is 2.74. The molecule has 2 heterocycles. The molecule has 0 aliphatic heterocycles. The van der Waals surface area contributed by atoms with E-state index >= 15 is 0 Å². The summed E-state index contributed by atoms with van der Waals surface area (Å²) in [5, 5.41) is 4.68. The summed E-state index contributed by atoms with van der Waals surface area (Å²) < 4.78 is 1.04. The largest absolute Gasteiger partial charge is 0.283 e. The minimum absolute atomic E-state index is 0.0264. The van der Waals surface area contributed by atoms with Crippen LogP contribution in [0.3, 0.4) is 0 Å². The molecule has 0 aliphatic rings. The van der Waals surface area contributed by atoms with Crippen LogP contribution in [-0.2, 0) is 0 Å². The molecular formula is C17H15BrN2OS2. The van der Waals surface area contributed by atoms with Crippen LogP contribution in [0.1, 0.15) is 23.0 Å². The lowest BCUT2D eigenvalue weighted by Crippen LogP contribution is -2.30. The Morgan fingerprint density at radius 3 is 2.65 bits per heavy atom. The minimum Gasteiger partial charge on any atom is -0.283 e. The van der Waals surface area contributed by atoms with Gasteiger partial charge in [-0.2, -0.15) is 0 Å². The van der Waals surface area contributed by atoms with Gasteiger partial charge in [0, 0.05) is 22.0 Å². The zero-order chi connectivity index (χ0) is 16.2. The van der Waals surface area contributed by atoms with E-state index in [0.29, 0.717) is 6.54 Å². The van der Waals surface area contributed by atoms with Crippen LogP contribution in [0.15, 0.2) is 51.6 Å². The first kappa shape index (κ1) is 16.4. The number of carbonyl (C=O) groups is 1. The molecule has 3 aromatic rings. The number of aromatic nitrogens is 1. The van der Waals surface area contributed by atoms with Crippen molar-refractivity contribution in [3.8, 4) is 11.3 Å². The zero-order valence-corrected chi connectivity index (χ0v) is 15.7. The van der Waals surface area contributed by atoms with Crippen LogP contribution in [0.4, 0.5) is 5.13 Å². The van der Waals surface area contributed by atoms with E-state index in [2.05, 4.69) is 27.8 Å². The molecule has 0 bridgehead atoms. The minimum atomic E-state index is 0.0264. The number of hydrogen-bond donors (Lipinski definition) is 0. The molecule has 0 atom stereocenters. The maximum Gasteiger partial charge on any atom is 0.270 e. The van der Waals surface area contributed by atoms with Gasteiger partial charge in [-0.15, -0.1) is 22.7 Å². The maximum absolute atomic E-state index is 12.7. The summed E-state index contributed by atoms with van der Waals surface area (Å²) in [5.41, 5.74) is 1.95. The fourth-order valence-corrected chi connectivity index (χ4v) is 3.98. The molecule has 118 valence electrons. The highest BCUT2D eigenvalue weighted by Crippen LogP contribution is 2.29. The van der Waals surface area contributed by atoms with E-state index in [1.807, 2.05) is 47.2 Å². The molecule has 1 aromatic carbocycles. The van der Waals surface area contributed by atoms with Crippen molar-refractivity contribution < 1.29 is 4.79 Å². The molecule has 3 rings (SSSR count). The fraction of sp³-hybridized carbons (Fsp3) is 0.176. The second-order valence-electron chi connectivity index (χ2n) is 4.96. The van der Waals surface area contributed by atoms with Gasteiger partial charge < -0.3 is 0 Å². The first-order chi connectivity index (χ1) is 11.2. The lowest BCUT2D eigenvalue weighted by atomic mass is 10.2. The van der Waals surface area contributed by atoms with Crippen molar-refractivity contribution in [1.29, 1.82) is 0 Å². The van der Waals surface area contributed by atoms with E-state index in [4.69, 9.17) is 0 Å². The normalized spacial score (nSPS) is 10.7. The summed E-state index contributed by atoms with van der Waals surface area (Å²) in [4.78, 5) is 19.9. The molecule has 3 nitrogen and oxygen atoms in total. The Labute approximate surface area is 151 Å². The molecule has 0 radical (unpaired) electrons. The van der Waals surface area contributed by atoms with Gasteiger partial charge >= 0.3 is 0 Å². The van der Waals surface area contributed by atoms with Crippen molar-refractivity contribution in [3.63, 3.8) is 0 Å². The lowest BCUT2D eigenvalue weighted by molar-refractivity contribution is 0.0991. The van der Waals surface area contributed by atoms with E-state index in [9.17, 15) is 4.79 Å². The van der Waals surface area contributed by atoms with E-state index < -0.39 is 0 Å². The average Bonchev–Trinajstić information content (AvgIpc) is 3.24. The quantitative estimate of drug-likeness (QED) is 0.544. The van der Waals surface area contributed by atoms with Crippen molar-refractivity contribution in [2.45, 2.75) is 13.3 Å². The summed E-state index contributed by atoms with van der Waals surface area (Å²) >= 11 is 6.41. The number of halogens is 1. The van der Waals surface area contributed by atoms with Crippen molar-refractivity contribution >= 4 is 49.6 Å². The number of thiophene rings is 1. The van der Waals surface area contributed by atoms with Gasteiger partial charge in [-0.3, -0.25) is 9.69 Å². The fourth-order valence-electron chi connectivity index (χ4n) is 2.18. The van der Waals surface area contributed by atoms with Gasteiger partial charge in [-0.25, -0.2) is 4.98 Å². The lowest BCUT2D eigenvalue weighted by Gasteiger charge is -2.18. The van der Waals surface area contributed by atoms with Gasteiger partial charge in [0.15, 0.2) is 5.13 Å². The van der Waals surface area contributed by atoms with Gasteiger partial charge in [0.2, 0.25) is 0 Å². The van der Waals surface area contributed by atoms with Crippen molar-refractivity contribution in [2.75, 3.05) is 11.4 Å². The Morgan fingerprint density at radius 2 is 2.00 bits per heavy atom. The highest BCUT2D eigenvalue weighted by Gasteiger charge is 2.21. The van der Waals surface area contributed by atoms with Gasteiger partial charge in [0.1, 0.15) is 0 Å². The number of amides is 1. The van der Waals surface area contributed by atoms with E-state index in [1.54, 1.807) is 4.90 Å². The number of nitrogens with zero attached hydrogens (tertiary/aromatic N) is 2. The second kappa shape index (κ2) is 7.38. The number of anilines is 1. The third-order valence-corrected chi connectivity index (χ3v) is 5.54. The monoisotopic (exact) mass is 406 g/mol. The number of benzene rings is 1. The van der Waals surface area contributed by atoms with E-state index in [0.717, 1.165) is 32.2 Å². The molecule has 23 heavy (non-hydrogen) atoms. The summed E-state index contributed by atoms with van der Waals surface area (Å²) in [6, 6.07) is 11.8. The highest BCUT2D eigenvalue weighted by atomic mass is 79.9. The SMILES string of the molecule is CCCN(C(=O)c1cccs1)c1nc(-c2ccc(Br)cc2)cs1. The molecule has 1 amide bonds. The molecule has 0 N–H and O–H groups in total. The molecule has 0 aliphatic carbocycles. The van der Waals surface area contributed by atoms with Crippen LogP contribution >= 0.6 is 38.6 Å². The molecule has 0 saturated heterocycles. The molecular weight excluding hydrogens is 392 g/mol. The Balaban J connectivity index is 1.89. The van der Waals surface area contributed by atoms with Crippen molar-refractivity contribution in [1.82, 2.24) is 4.98 Å². The first-order valence-corrected chi connectivity index (χ1v) is 9.81. The summed E-state index contributed by atoms with van der Waals surface area (Å²) in [7, 11) is 0. The van der Waals surface area contributed by atoms with E-state index in [-0.39, 0.29) is 5.91 Å². The van der Waals surface area contributed by atoms with Crippen LogP contribution in [0.5, 0.6) is 0 Å². The molecule has 2 aromatic heterocycles. The summed E-state index contributed by atoms with van der Waals surface area (Å²) in [6.07, 6.45) is 0.893. The molecule has 0 fully saturated rings. The Kier molecular flexibility index (Phi) is 5.25. The Hall–Kier alpha value is -1.50. The number of rotatable bonds is 5. The van der Waals surface area contributed by atoms with Gasteiger partial charge in [0.25, 0.3) is 5.91 Å². The van der Waals surface area contributed by atoms with Crippen LogP contribution in [-0.4, -0.2) is 17.4 Å². The Bertz CT molecular complexity index is 781.